The summed E-state index contributed by atoms with van der Waals surface area (Å²) in [4.78, 5) is 17.0. The lowest BCUT2D eigenvalue weighted by Crippen LogP contribution is -2.36. The summed E-state index contributed by atoms with van der Waals surface area (Å²) in [5.74, 6) is 0.345. The molecule has 2 atom stereocenters. The first-order chi connectivity index (χ1) is 15.1. The SMILES string of the molecule is CCOc1cc(C(CC#N)C2C(=O)c3cnccc3N2[O-])ccc1OC1CCCCC1. The molecular weight excluding hydrogens is 394 g/mol. The van der Waals surface area contributed by atoms with E-state index in [1.807, 2.05) is 25.1 Å². The third kappa shape index (κ3) is 4.21. The van der Waals surface area contributed by atoms with E-state index in [9.17, 15) is 15.3 Å². The van der Waals surface area contributed by atoms with Gasteiger partial charge >= 0.3 is 0 Å². The minimum atomic E-state index is -1.00. The molecule has 0 N–H and O–H groups in total. The van der Waals surface area contributed by atoms with E-state index >= 15 is 0 Å². The van der Waals surface area contributed by atoms with Crippen molar-refractivity contribution in [3.8, 4) is 17.6 Å². The molecular formula is C24H26N3O4-. The van der Waals surface area contributed by atoms with Crippen LogP contribution in [0.5, 0.6) is 11.5 Å². The molecule has 2 aliphatic rings. The van der Waals surface area contributed by atoms with Gasteiger partial charge < -0.3 is 19.7 Å². The zero-order valence-electron chi connectivity index (χ0n) is 17.6. The lowest BCUT2D eigenvalue weighted by Gasteiger charge is -2.36. The van der Waals surface area contributed by atoms with Crippen molar-refractivity contribution in [3.63, 3.8) is 0 Å². The van der Waals surface area contributed by atoms with Gasteiger partial charge in [0.05, 0.1) is 30.4 Å². The number of rotatable bonds is 7. The van der Waals surface area contributed by atoms with Crippen LogP contribution in [0.4, 0.5) is 5.69 Å². The summed E-state index contributed by atoms with van der Waals surface area (Å²) in [5.41, 5.74) is 1.31. The average Bonchev–Trinajstić information content (AvgIpc) is 3.05. The Kier molecular flexibility index (Phi) is 6.38. The van der Waals surface area contributed by atoms with Crippen molar-refractivity contribution < 1.29 is 14.3 Å². The third-order valence-electron chi connectivity index (χ3n) is 6.06. The van der Waals surface area contributed by atoms with Gasteiger partial charge in [0.25, 0.3) is 0 Å². The Morgan fingerprint density at radius 2 is 2.06 bits per heavy atom. The molecule has 1 fully saturated rings. The van der Waals surface area contributed by atoms with Gasteiger partial charge in [-0.1, -0.05) is 12.5 Å². The topological polar surface area (TPSA) is 98.5 Å². The standard InChI is InChI=1S/C24H26N3O4/c1-2-30-22-14-16(8-9-21(22)31-17-6-4-3-5-7-17)18(10-12-25)23-24(28)19-15-26-13-11-20(19)27(23)29/h8-9,11,13-15,17-18,23H,2-7,10H2,1H3/q-1. The summed E-state index contributed by atoms with van der Waals surface area (Å²) in [7, 11) is 0. The van der Waals surface area contributed by atoms with Crippen LogP contribution in [-0.4, -0.2) is 29.5 Å². The fourth-order valence-corrected chi connectivity index (χ4v) is 4.52. The number of Topliss-reactive ketones (excluding diaryl/α,β-unsaturated/α-hetero) is 1. The Morgan fingerprint density at radius 3 is 2.77 bits per heavy atom. The van der Waals surface area contributed by atoms with E-state index < -0.39 is 12.0 Å². The second-order valence-corrected chi connectivity index (χ2v) is 8.01. The molecule has 1 aromatic heterocycles. The maximum absolute atomic E-state index is 13.0. The summed E-state index contributed by atoms with van der Waals surface area (Å²) < 4.78 is 12.0. The molecule has 7 heteroatoms. The summed E-state index contributed by atoms with van der Waals surface area (Å²) in [5, 5.41) is 23.1. The predicted molar refractivity (Wildman–Crippen MR) is 116 cm³/mol. The van der Waals surface area contributed by atoms with Crippen LogP contribution >= 0.6 is 0 Å². The van der Waals surface area contributed by atoms with E-state index in [4.69, 9.17) is 9.47 Å². The van der Waals surface area contributed by atoms with Gasteiger partial charge in [0.15, 0.2) is 17.3 Å². The van der Waals surface area contributed by atoms with E-state index in [0.717, 1.165) is 25.7 Å². The molecule has 31 heavy (non-hydrogen) atoms. The highest BCUT2D eigenvalue weighted by Crippen LogP contribution is 2.41. The first-order valence-electron chi connectivity index (χ1n) is 10.9. The van der Waals surface area contributed by atoms with Crippen LogP contribution in [0.2, 0.25) is 0 Å². The van der Waals surface area contributed by atoms with Gasteiger partial charge in [-0.2, -0.15) is 5.26 Å². The van der Waals surface area contributed by atoms with Crippen LogP contribution in [0.15, 0.2) is 36.7 Å². The fraction of sp³-hybridized carbons (Fsp3) is 0.458. The molecule has 0 spiro atoms. The summed E-state index contributed by atoms with van der Waals surface area (Å²) in [6, 6.07) is 8.16. The van der Waals surface area contributed by atoms with E-state index in [1.165, 1.54) is 24.9 Å². The van der Waals surface area contributed by atoms with Gasteiger partial charge in [0, 0.05) is 30.4 Å². The Hall–Kier alpha value is -3.11. The number of ketones is 1. The number of pyridine rings is 1. The lowest BCUT2D eigenvalue weighted by atomic mass is 9.86. The second-order valence-electron chi connectivity index (χ2n) is 8.01. The fourth-order valence-electron chi connectivity index (χ4n) is 4.52. The summed E-state index contributed by atoms with van der Waals surface area (Å²) in [6.45, 7) is 2.36. The number of aromatic nitrogens is 1. The number of anilines is 1. The molecule has 2 unspecified atom stereocenters. The van der Waals surface area contributed by atoms with Crippen molar-refractivity contribution in [2.45, 2.75) is 63.5 Å². The summed E-state index contributed by atoms with van der Waals surface area (Å²) >= 11 is 0. The third-order valence-corrected chi connectivity index (χ3v) is 6.06. The Morgan fingerprint density at radius 1 is 1.26 bits per heavy atom. The first kappa shape index (κ1) is 21.1. The quantitative estimate of drug-likeness (QED) is 0.637. The number of ether oxygens (including phenoxy) is 2. The number of carbonyl (C=O) groups is 1. The molecule has 7 nitrogen and oxygen atoms in total. The Labute approximate surface area is 182 Å². The number of hydroxylamine groups is 1. The van der Waals surface area contributed by atoms with E-state index in [-0.39, 0.29) is 18.3 Å². The second kappa shape index (κ2) is 9.36. The molecule has 1 aliphatic carbocycles. The molecule has 0 saturated heterocycles. The van der Waals surface area contributed by atoms with Crippen molar-refractivity contribution in [1.29, 1.82) is 5.26 Å². The maximum Gasteiger partial charge on any atom is 0.188 e. The molecule has 2 heterocycles. The van der Waals surface area contributed by atoms with Crippen molar-refractivity contribution in [1.82, 2.24) is 4.98 Å². The highest BCUT2D eigenvalue weighted by atomic mass is 16.5. The highest BCUT2D eigenvalue weighted by Gasteiger charge is 2.39. The predicted octanol–water partition coefficient (Wildman–Crippen LogP) is 4.76. The van der Waals surface area contributed by atoms with Gasteiger partial charge in [0.2, 0.25) is 0 Å². The van der Waals surface area contributed by atoms with Crippen LogP contribution < -0.4 is 14.5 Å². The van der Waals surface area contributed by atoms with Gasteiger partial charge in [-0.15, -0.1) is 0 Å². The Balaban J connectivity index is 1.65. The number of fused-ring (bicyclic) bond motifs is 1. The number of hydrogen-bond acceptors (Lipinski definition) is 7. The lowest BCUT2D eigenvalue weighted by molar-refractivity contribution is 0.0961. The normalized spacial score (nSPS) is 19.6. The smallest absolute Gasteiger partial charge is 0.188 e. The molecule has 2 aromatic rings. The van der Waals surface area contributed by atoms with Crippen molar-refractivity contribution in [3.05, 3.63) is 53.0 Å². The molecule has 0 amide bonds. The molecule has 4 rings (SSSR count). The van der Waals surface area contributed by atoms with Crippen LogP contribution in [-0.2, 0) is 0 Å². The van der Waals surface area contributed by atoms with Gasteiger partial charge in [0.1, 0.15) is 0 Å². The molecule has 1 aromatic carbocycles. The number of hydrogen-bond donors (Lipinski definition) is 0. The van der Waals surface area contributed by atoms with E-state index in [2.05, 4.69) is 11.1 Å². The van der Waals surface area contributed by atoms with Gasteiger partial charge in [-0.3, -0.25) is 9.78 Å². The molecule has 0 radical (unpaired) electrons. The van der Waals surface area contributed by atoms with E-state index in [1.54, 1.807) is 0 Å². The van der Waals surface area contributed by atoms with Crippen molar-refractivity contribution >= 4 is 11.5 Å². The van der Waals surface area contributed by atoms with Crippen LogP contribution in [0.25, 0.3) is 0 Å². The van der Waals surface area contributed by atoms with Crippen molar-refractivity contribution in [2.24, 2.45) is 0 Å². The minimum absolute atomic E-state index is 0.0327. The van der Waals surface area contributed by atoms with Crippen LogP contribution in [0, 0.1) is 16.5 Å². The first-order valence-corrected chi connectivity index (χ1v) is 10.9. The monoisotopic (exact) mass is 420 g/mol. The summed E-state index contributed by atoms with van der Waals surface area (Å²) in [6.07, 6.45) is 8.73. The Bertz CT molecular complexity index is 981. The molecule has 1 saturated carbocycles. The molecule has 162 valence electrons. The van der Waals surface area contributed by atoms with Gasteiger partial charge in [-0.05, 0) is 56.4 Å². The van der Waals surface area contributed by atoms with Gasteiger partial charge in [-0.25, -0.2) is 0 Å². The van der Waals surface area contributed by atoms with Crippen LogP contribution in [0.3, 0.4) is 0 Å². The highest BCUT2D eigenvalue weighted by molar-refractivity contribution is 6.11. The number of nitriles is 1. The molecule has 0 bridgehead atoms. The maximum atomic E-state index is 13.0. The van der Waals surface area contributed by atoms with Crippen molar-refractivity contribution in [2.75, 3.05) is 11.7 Å². The minimum Gasteiger partial charge on any atom is -0.758 e. The largest absolute Gasteiger partial charge is 0.758 e. The number of carbonyl (C=O) groups excluding carboxylic acids is 1. The zero-order chi connectivity index (χ0) is 21.8. The van der Waals surface area contributed by atoms with Crippen LogP contribution in [0.1, 0.15) is 67.3 Å². The van der Waals surface area contributed by atoms with E-state index in [0.29, 0.717) is 40.0 Å². The zero-order valence-corrected chi connectivity index (χ0v) is 17.6. The number of benzene rings is 1. The number of nitrogens with zero attached hydrogens (tertiary/aromatic N) is 3. The molecule has 1 aliphatic heterocycles. The average molecular weight is 420 g/mol.